The van der Waals surface area contributed by atoms with Gasteiger partial charge in [0.05, 0.1) is 11.1 Å². The van der Waals surface area contributed by atoms with Crippen LogP contribution in [0.2, 0.25) is 0 Å². The molecule has 156 valence electrons. The number of anilines is 2. The van der Waals surface area contributed by atoms with Gasteiger partial charge in [-0.05, 0) is 62.4 Å². The number of carbonyl (C=O) groups is 2. The molecule has 2 aliphatic heterocycles. The lowest BCUT2D eigenvalue weighted by Crippen LogP contribution is -2.11. The van der Waals surface area contributed by atoms with E-state index in [2.05, 4.69) is 34.9 Å². The van der Waals surface area contributed by atoms with Gasteiger partial charge in [-0.15, -0.1) is 22.7 Å². The van der Waals surface area contributed by atoms with Crippen LogP contribution in [0.1, 0.15) is 22.3 Å². The SMILES string of the molecule is Cc1ccc2c(c1)/C(=c1\cc/c(=c3\cc/c(=C4/C(=O)Nc5ccc(C)cc54)s3)s1)C(=O)N2. The largest absolute Gasteiger partial charge is 0.321 e. The van der Waals surface area contributed by atoms with Crippen molar-refractivity contribution in [2.75, 3.05) is 10.6 Å². The van der Waals surface area contributed by atoms with Gasteiger partial charge >= 0.3 is 0 Å². The van der Waals surface area contributed by atoms with Gasteiger partial charge in [0.2, 0.25) is 0 Å². The number of fused-ring (bicyclic) bond motifs is 2. The van der Waals surface area contributed by atoms with Gasteiger partial charge in [-0.2, -0.15) is 0 Å². The highest BCUT2D eigenvalue weighted by atomic mass is 32.1. The average molecular weight is 455 g/mol. The smallest absolute Gasteiger partial charge is 0.257 e. The molecule has 2 aromatic heterocycles. The third kappa shape index (κ3) is 2.95. The first-order valence-corrected chi connectivity index (χ1v) is 11.9. The second kappa shape index (κ2) is 7.02. The zero-order chi connectivity index (χ0) is 22.0. The highest BCUT2D eigenvalue weighted by molar-refractivity contribution is 7.11. The van der Waals surface area contributed by atoms with E-state index in [1.165, 1.54) is 0 Å². The standard InChI is InChI=1S/C26H18N2O2S2/c1-13-3-5-17-15(11-13)23(25(29)27-17)21-9-7-19(31-21)20-8-10-22(32-20)24-16-12-14(2)4-6-18(16)28-26(24)30/h3-12H,1-2H3,(H,27,29)(H,28,30)/b20-19-,23-21-,24-22-. The number of rotatable bonds is 0. The lowest BCUT2D eigenvalue weighted by molar-refractivity contribution is -0.111. The van der Waals surface area contributed by atoms with Crippen molar-refractivity contribution >= 4 is 57.0 Å². The fourth-order valence-electron chi connectivity index (χ4n) is 4.26. The van der Waals surface area contributed by atoms with Crippen molar-refractivity contribution in [3.8, 4) is 0 Å². The molecule has 6 heteroatoms. The second-order valence-corrected chi connectivity index (χ2v) is 10.3. The molecule has 32 heavy (non-hydrogen) atoms. The molecule has 4 aromatic rings. The Kier molecular flexibility index (Phi) is 4.22. The molecule has 0 saturated carbocycles. The number of hydrogen-bond acceptors (Lipinski definition) is 4. The number of hydrogen-bond donors (Lipinski definition) is 2. The van der Waals surface area contributed by atoms with E-state index >= 15 is 0 Å². The number of thiophene rings is 2. The van der Waals surface area contributed by atoms with Gasteiger partial charge in [0.1, 0.15) is 0 Å². The highest BCUT2D eigenvalue weighted by Gasteiger charge is 2.26. The van der Waals surface area contributed by atoms with Crippen molar-refractivity contribution in [3.63, 3.8) is 0 Å². The summed E-state index contributed by atoms with van der Waals surface area (Å²) in [4.78, 5) is 25.3. The molecule has 0 spiro atoms. The summed E-state index contributed by atoms with van der Waals surface area (Å²) in [6, 6.07) is 20.2. The van der Waals surface area contributed by atoms with Crippen molar-refractivity contribution in [1.29, 1.82) is 0 Å². The molecule has 0 aliphatic carbocycles. The Morgan fingerprint density at radius 1 is 0.562 bits per heavy atom. The molecule has 4 heterocycles. The van der Waals surface area contributed by atoms with Gasteiger partial charge in [-0.25, -0.2) is 0 Å². The zero-order valence-electron chi connectivity index (χ0n) is 17.4. The Labute approximate surface area is 191 Å². The van der Waals surface area contributed by atoms with Gasteiger partial charge < -0.3 is 10.6 Å². The van der Waals surface area contributed by atoms with E-state index in [4.69, 9.17) is 0 Å². The minimum atomic E-state index is -0.0592. The Hall–Kier alpha value is -3.48. The molecule has 0 atom stereocenters. The molecule has 0 radical (unpaired) electrons. The van der Waals surface area contributed by atoms with Gasteiger partial charge in [-0.1, -0.05) is 23.3 Å². The Morgan fingerprint density at radius 2 is 0.969 bits per heavy atom. The molecule has 0 bridgehead atoms. The summed E-state index contributed by atoms with van der Waals surface area (Å²) >= 11 is 3.21. The summed E-state index contributed by atoms with van der Waals surface area (Å²) in [6.07, 6.45) is 0. The molecular formula is C26H18N2O2S2. The summed E-state index contributed by atoms with van der Waals surface area (Å²) < 4.78 is 4.07. The van der Waals surface area contributed by atoms with E-state index in [-0.39, 0.29) is 11.8 Å². The lowest BCUT2D eigenvalue weighted by atomic mass is 10.1. The van der Waals surface area contributed by atoms with E-state index in [0.717, 1.165) is 62.9 Å². The first-order chi connectivity index (χ1) is 15.5. The molecule has 6 rings (SSSR count). The lowest BCUT2D eigenvalue weighted by Gasteiger charge is -1.98. The van der Waals surface area contributed by atoms with Gasteiger partial charge in [0.25, 0.3) is 11.8 Å². The molecule has 2 aliphatic rings. The fourth-order valence-corrected chi connectivity index (χ4v) is 6.48. The van der Waals surface area contributed by atoms with Gasteiger partial charge in [0, 0.05) is 40.6 Å². The van der Waals surface area contributed by atoms with Crippen LogP contribution in [0.15, 0.2) is 60.7 Å². The molecular weight excluding hydrogens is 436 g/mol. The Morgan fingerprint density at radius 3 is 1.41 bits per heavy atom. The normalized spacial score (nSPS) is 18.9. The molecule has 0 saturated heterocycles. The number of carbonyl (C=O) groups excluding carboxylic acids is 2. The van der Waals surface area contributed by atoms with Crippen LogP contribution in [-0.4, -0.2) is 11.8 Å². The van der Waals surface area contributed by atoms with Crippen LogP contribution in [-0.2, 0) is 9.59 Å². The molecule has 4 nitrogen and oxygen atoms in total. The first-order valence-electron chi connectivity index (χ1n) is 10.3. The molecule has 0 fully saturated rings. The van der Waals surface area contributed by atoms with E-state index in [1.54, 1.807) is 22.7 Å². The first kappa shape index (κ1) is 19.2. The van der Waals surface area contributed by atoms with Crippen molar-refractivity contribution < 1.29 is 9.59 Å². The van der Waals surface area contributed by atoms with Crippen LogP contribution < -0.4 is 19.7 Å². The van der Waals surface area contributed by atoms with Crippen molar-refractivity contribution in [2.45, 2.75) is 13.8 Å². The topological polar surface area (TPSA) is 58.2 Å². The minimum Gasteiger partial charge on any atom is -0.321 e. The van der Waals surface area contributed by atoms with Gasteiger partial charge in [-0.3, -0.25) is 9.59 Å². The molecule has 2 aromatic carbocycles. The average Bonchev–Trinajstić information content (AvgIpc) is 3.51. The maximum absolute atomic E-state index is 12.7. The third-order valence-corrected chi connectivity index (χ3v) is 8.19. The van der Waals surface area contributed by atoms with Crippen LogP contribution in [0.4, 0.5) is 11.4 Å². The number of nitrogens with one attached hydrogen (secondary N) is 2. The third-order valence-electron chi connectivity index (χ3n) is 5.79. The second-order valence-electron chi connectivity index (χ2n) is 8.08. The zero-order valence-corrected chi connectivity index (χ0v) is 19.0. The number of amides is 2. The summed E-state index contributed by atoms with van der Waals surface area (Å²) in [5, 5.41) is 5.94. The number of benzene rings is 2. The van der Waals surface area contributed by atoms with Gasteiger partial charge in [0.15, 0.2) is 0 Å². The Bertz CT molecular complexity index is 1570. The van der Waals surface area contributed by atoms with Crippen LogP contribution in [0.3, 0.4) is 0 Å². The van der Waals surface area contributed by atoms with E-state index in [0.29, 0.717) is 0 Å². The maximum Gasteiger partial charge on any atom is 0.257 e. The van der Waals surface area contributed by atoms with Crippen LogP contribution >= 0.6 is 22.7 Å². The summed E-state index contributed by atoms with van der Waals surface area (Å²) in [6.45, 7) is 4.06. The molecule has 0 unspecified atom stereocenters. The Balaban J connectivity index is 1.57. The monoisotopic (exact) mass is 454 g/mol. The van der Waals surface area contributed by atoms with E-state index < -0.39 is 0 Å². The molecule has 2 amide bonds. The number of aryl methyl sites for hydroxylation is 2. The summed E-state index contributed by atoms with van der Waals surface area (Å²) in [5.41, 5.74) is 7.35. The maximum atomic E-state index is 12.7. The molecule has 2 N–H and O–H groups in total. The van der Waals surface area contributed by atoms with Crippen molar-refractivity contribution in [1.82, 2.24) is 0 Å². The predicted molar refractivity (Wildman–Crippen MR) is 130 cm³/mol. The minimum absolute atomic E-state index is 0.0592. The predicted octanol–water partition coefficient (Wildman–Crippen LogP) is 4.02. The van der Waals surface area contributed by atoms with Crippen molar-refractivity contribution in [3.05, 3.63) is 101 Å². The summed E-state index contributed by atoms with van der Waals surface area (Å²) in [7, 11) is 0. The summed E-state index contributed by atoms with van der Waals surface area (Å²) in [5.74, 6) is -0.118. The van der Waals surface area contributed by atoms with Crippen LogP contribution in [0.25, 0.3) is 11.1 Å². The van der Waals surface area contributed by atoms with E-state index in [1.807, 2.05) is 50.2 Å². The fraction of sp³-hybridized carbons (Fsp3) is 0.0769. The van der Waals surface area contributed by atoms with E-state index in [9.17, 15) is 9.59 Å². The van der Waals surface area contributed by atoms with Crippen LogP contribution in [0.5, 0.6) is 0 Å². The van der Waals surface area contributed by atoms with Crippen LogP contribution in [0, 0.1) is 22.9 Å². The quantitative estimate of drug-likeness (QED) is 0.422. The van der Waals surface area contributed by atoms with Crippen molar-refractivity contribution in [2.24, 2.45) is 0 Å². The highest BCUT2D eigenvalue weighted by Crippen LogP contribution is 2.32.